The molecule has 0 amide bonds. The van der Waals surface area contributed by atoms with E-state index in [0.717, 1.165) is 12.0 Å². The van der Waals surface area contributed by atoms with Crippen LogP contribution in [0.5, 0.6) is 0 Å². The van der Waals surface area contributed by atoms with E-state index >= 15 is 0 Å². The van der Waals surface area contributed by atoms with E-state index in [4.69, 9.17) is 4.42 Å². The van der Waals surface area contributed by atoms with Crippen molar-refractivity contribution in [3.8, 4) is 0 Å². The van der Waals surface area contributed by atoms with Gasteiger partial charge in [0, 0.05) is 5.39 Å². The van der Waals surface area contributed by atoms with Gasteiger partial charge in [-0.2, -0.15) is 0 Å². The molecule has 3 aromatic rings. The fourth-order valence-corrected chi connectivity index (χ4v) is 2.72. The van der Waals surface area contributed by atoms with E-state index in [2.05, 4.69) is 0 Å². The van der Waals surface area contributed by atoms with Crippen LogP contribution in [0.1, 0.15) is 31.1 Å². The van der Waals surface area contributed by atoms with Crippen LogP contribution in [0.25, 0.3) is 11.0 Å². The Morgan fingerprint density at radius 2 is 1.86 bits per heavy atom. The maximum Gasteiger partial charge on any atom is 0.170 e. The molecule has 108 valence electrons. The lowest BCUT2D eigenvalue weighted by atomic mass is 9.87. The molecule has 1 unspecified atom stereocenters. The Labute approximate surface area is 122 Å². The number of rotatable bonds is 4. The third kappa shape index (κ3) is 2.34. The topological polar surface area (TPSA) is 33.4 Å². The summed E-state index contributed by atoms with van der Waals surface area (Å²) in [6.07, 6.45) is 1.30. The Morgan fingerprint density at radius 1 is 1.10 bits per heavy atom. The quantitative estimate of drug-likeness (QED) is 0.759. The zero-order valence-electron chi connectivity index (χ0n) is 11.8. The number of hydrogen-bond acceptors (Lipinski definition) is 2. The molecule has 1 N–H and O–H groups in total. The van der Waals surface area contributed by atoms with E-state index in [1.54, 1.807) is 18.2 Å². The molecule has 0 aliphatic carbocycles. The highest BCUT2D eigenvalue weighted by atomic mass is 19.1. The van der Waals surface area contributed by atoms with Crippen molar-refractivity contribution < 1.29 is 13.9 Å². The summed E-state index contributed by atoms with van der Waals surface area (Å²) in [4.78, 5) is 0. The molecule has 0 radical (unpaired) electrons. The minimum absolute atomic E-state index is 0.193. The van der Waals surface area contributed by atoms with Gasteiger partial charge in [-0.3, -0.25) is 0 Å². The fourth-order valence-electron chi connectivity index (χ4n) is 2.72. The highest BCUT2D eigenvalue weighted by molar-refractivity contribution is 5.78. The Balaban J connectivity index is 2.18. The van der Waals surface area contributed by atoms with Crippen molar-refractivity contribution in [3.63, 3.8) is 0 Å². The first-order chi connectivity index (χ1) is 10.1. The monoisotopic (exact) mass is 284 g/mol. The van der Waals surface area contributed by atoms with Gasteiger partial charge in [0.05, 0.1) is 0 Å². The van der Waals surface area contributed by atoms with Crippen molar-refractivity contribution in [1.82, 2.24) is 0 Å². The standard InChI is InChI=1S/C18H17FO2/c1-2-11-18(20,14-8-4-3-5-9-14)16-12-13-7-6-10-15(19)17(13)21-16/h3-10,12,20H,2,11H2,1H3. The summed E-state index contributed by atoms with van der Waals surface area (Å²) >= 11 is 0. The highest BCUT2D eigenvalue weighted by Gasteiger charge is 2.34. The SMILES string of the molecule is CCCC(O)(c1ccccc1)c1cc2cccc(F)c2o1. The van der Waals surface area contributed by atoms with Crippen LogP contribution in [-0.2, 0) is 5.60 Å². The molecule has 2 nitrogen and oxygen atoms in total. The second-order valence-corrected chi connectivity index (χ2v) is 5.25. The van der Waals surface area contributed by atoms with E-state index in [0.29, 0.717) is 17.6 Å². The third-order valence-electron chi connectivity index (χ3n) is 3.77. The second kappa shape index (κ2) is 5.34. The van der Waals surface area contributed by atoms with Crippen LogP contribution < -0.4 is 0 Å². The number of hydrogen-bond donors (Lipinski definition) is 1. The van der Waals surface area contributed by atoms with Gasteiger partial charge < -0.3 is 9.52 Å². The smallest absolute Gasteiger partial charge is 0.170 e. The molecule has 0 bridgehead atoms. The van der Waals surface area contributed by atoms with Gasteiger partial charge >= 0.3 is 0 Å². The molecular weight excluding hydrogens is 267 g/mol. The molecule has 0 saturated carbocycles. The van der Waals surface area contributed by atoms with Crippen molar-refractivity contribution in [1.29, 1.82) is 0 Å². The summed E-state index contributed by atoms with van der Waals surface area (Å²) < 4.78 is 19.4. The summed E-state index contributed by atoms with van der Waals surface area (Å²) in [5, 5.41) is 11.8. The number of benzene rings is 2. The average molecular weight is 284 g/mol. The van der Waals surface area contributed by atoms with Crippen molar-refractivity contribution in [2.75, 3.05) is 0 Å². The van der Waals surface area contributed by atoms with Crippen molar-refractivity contribution in [3.05, 3.63) is 71.7 Å². The Morgan fingerprint density at radius 3 is 2.52 bits per heavy atom. The second-order valence-electron chi connectivity index (χ2n) is 5.25. The first-order valence-electron chi connectivity index (χ1n) is 7.11. The lowest BCUT2D eigenvalue weighted by Gasteiger charge is -2.26. The first kappa shape index (κ1) is 13.8. The summed E-state index contributed by atoms with van der Waals surface area (Å²) in [5.74, 6) is -0.0266. The number of aliphatic hydroxyl groups is 1. The minimum Gasteiger partial charge on any atom is -0.455 e. The Bertz CT molecular complexity index is 748. The van der Waals surface area contributed by atoms with Crippen LogP contribution in [0.2, 0.25) is 0 Å². The summed E-state index contributed by atoms with van der Waals surface area (Å²) in [7, 11) is 0. The van der Waals surface area contributed by atoms with Crippen LogP contribution in [0.15, 0.2) is 59.0 Å². The Kier molecular flexibility index (Phi) is 3.52. The molecule has 2 aromatic carbocycles. The van der Waals surface area contributed by atoms with Gasteiger partial charge in [0.1, 0.15) is 11.4 Å². The predicted molar refractivity (Wildman–Crippen MR) is 80.5 cm³/mol. The van der Waals surface area contributed by atoms with Crippen molar-refractivity contribution >= 4 is 11.0 Å². The van der Waals surface area contributed by atoms with Gasteiger partial charge in [-0.1, -0.05) is 55.8 Å². The molecule has 0 saturated heterocycles. The van der Waals surface area contributed by atoms with Crippen LogP contribution in [-0.4, -0.2) is 5.11 Å². The highest BCUT2D eigenvalue weighted by Crippen LogP contribution is 2.37. The van der Waals surface area contributed by atoms with E-state index in [1.165, 1.54) is 6.07 Å². The van der Waals surface area contributed by atoms with Crippen molar-refractivity contribution in [2.45, 2.75) is 25.4 Å². The molecule has 1 aromatic heterocycles. The van der Waals surface area contributed by atoms with E-state index < -0.39 is 11.4 Å². The third-order valence-corrected chi connectivity index (χ3v) is 3.77. The lowest BCUT2D eigenvalue weighted by molar-refractivity contribution is 0.0484. The zero-order valence-corrected chi connectivity index (χ0v) is 11.8. The summed E-state index contributed by atoms with van der Waals surface area (Å²) in [5.41, 5.74) is -0.286. The maximum atomic E-state index is 13.8. The van der Waals surface area contributed by atoms with Crippen LogP contribution in [0.3, 0.4) is 0 Å². The van der Waals surface area contributed by atoms with Gasteiger partial charge in [0.15, 0.2) is 11.4 Å². The number of fused-ring (bicyclic) bond motifs is 1. The molecule has 0 spiro atoms. The van der Waals surface area contributed by atoms with Gasteiger partial charge in [-0.15, -0.1) is 0 Å². The molecule has 0 fully saturated rings. The molecule has 3 heteroatoms. The molecule has 21 heavy (non-hydrogen) atoms. The zero-order chi connectivity index (χ0) is 14.9. The summed E-state index contributed by atoms with van der Waals surface area (Å²) in [6.45, 7) is 2.00. The van der Waals surface area contributed by atoms with E-state index in [9.17, 15) is 9.50 Å². The van der Waals surface area contributed by atoms with Gasteiger partial charge in [-0.25, -0.2) is 4.39 Å². The molecule has 0 aliphatic rings. The van der Waals surface area contributed by atoms with E-state index in [1.807, 2.05) is 37.3 Å². The molecule has 1 heterocycles. The Hall–Kier alpha value is -2.13. The first-order valence-corrected chi connectivity index (χ1v) is 7.11. The minimum atomic E-state index is -1.23. The largest absolute Gasteiger partial charge is 0.455 e. The van der Waals surface area contributed by atoms with Gasteiger partial charge in [0.2, 0.25) is 0 Å². The number of halogens is 1. The normalized spacial score (nSPS) is 14.2. The van der Waals surface area contributed by atoms with Crippen LogP contribution >= 0.6 is 0 Å². The van der Waals surface area contributed by atoms with Crippen molar-refractivity contribution in [2.24, 2.45) is 0 Å². The van der Waals surface area contributed by atoms with E-state index in [-0.39, 0.29) is 5.58 Å². The maximum absolute atomic E-state index is 13.8. The molecule has 0 aliphatic heterocycles. The van der Waals surface area contributed by atoms with Gasteiger partial charge in [-0.05, 0) is 24.1 Å². The van der Waals surface area contributed by atoms with Crippen LogP contribution in [0, 0.1) is 5.82 Å². The summed E-state index contributed by atoms with van der Waals surface area (Å²) in [6, 6.07) is 15.9. The molecular formula is C18H17FO2. The average Bonchev–Trinajstić information content (AvgIpc) is 2.94. The molecule has 3 rings (SSSR count). The number of furan rings is 1. The van der Waals surface area contributed by atoms with Crippen LogP contribution in [0.4, 0.5) is 4.39 Å². The van der Waals surface area contributed by atoms with Gasteiger partial charge in [0.25, 0.3) is 0 Å². The lowest BCUT2D eigenvalue weighted by Crippen LogP contribution is -2.26. The predicted octanol–water partition coefficient (Wildman–Crippen LogP) is 4.61. The fraction of sp³-hybridized carbons (Fsp3) is 0.222. The molecule has 1 atom stereocenters. The number of para-hydroxylation sites is 1.